The van der Waals surface area contributed by atoms with Gasteiger partial charge in [-0.05, 0) is 32.1 Å². The lowest BCUT2D eigenvalue weighted by Crippen LogP contribution is -2.58. The molecule has 1 heterocycles. The van der Waals surface area contributed by atoms with Crippen molar-refractivity contribution in [2.75, 3.05) is 20.6 Å². The Bertz CT molecular complexity index is 205. The predicted molar refractivity (Wildman–Crippen MR) is 61.2 cm³/mol. The highest BCUT2D eigenvalue weighted by Crippen LogP contribution is 2.52. The van der Waals surface area contributed by atoms with Crippen LogP contribution in [0.15, 0.2) is 0 Å². The summed E-state index contributed by atoms with van der Waals surface area (Å²) in [7, 11) is 4.92. The first-order valence-electron chi connectivity index (χ1n) is 6.43. The van der Waals surface area contributed by atoms with Crippen molar-refractivity contribution in [3.63, 3.8) is 0 Å². The zero-order valence-corrected chi connectivity index (χ0v) is 10.2. The molecule has 1 aliphatic heterocycles. The van der Waals surface area contributed by atoms with Gasteiger partial charge in [-0.1, -0.05) is 13.3 Å². The molecular weight excluding hydrogens is 170 g/mol. The summed E-state index contributed by atoms with van der Waals surface area (Å²) in [4.78, 5) is 0. The van der Waals surface area contributed by atoms with E-state index in [9.17, 15) is 0 Å². The van der Waals surface area contributed by atoms with E-state index in [0.29, 0.717) is 0 Å². The zero-order chi connectivity index (χ0) is 10.2. The van der Waals surface area contributed by atoms with Crippen LogP contribution in [0, 0.1) is 5.41 Å². The van der Waals surface area contributed by atoms with E-state index in [1.165, 1.54) is 56.0 Å². The van der Waals surface area contributed by atoms with Crippen LogP contribution in [0.2, 0.25) is 0 Å². The summed E-state index contributed by atoms with van der Waals surface area (Å²) in [5, 5.41) is 0. The Hall–Kier alpha value is -0.0400. The van der Waals surface area contributed by atoms with Crippen molar-refractivity contribution in [1.29, 1.82) is 0 Å². The minimum absolute atomic E-state index is 0.747. The highest BCUT2D eigenvalue weighted by atomic mass is 15.3. The maximum absolute atomic E-state index is 2.46. The van der Waals surface area contributed by atoms with Gasteiger partial charge in [-0.15, -0.1) is 0 Å². The molecule has 0 radical (unpaired) electrons. The summed E-state index contributed by atoms with van der Waals surface area (Å²) in [6, 6.07) is 0.983. The second kappa shape index (κ2) is 3.52. The monoisotopic (exact) mass is 196 g/mol. The Morgan fingerprint density at radius 3 is 2.64 bits per heavy atom. The highest BCUT2D eigenvalue weighted by molar-refractivity contribution is 4.94. The second-order valence-electron chi connectivity index (χ2n) is 6.13. The summed E-state index contributed by atoms with van der Waals surface area (Å²) in [6.45, 7) is 3.77. The third-order valence-corrected chi connectivity index (χ3v) is 4.86. The van der Waals surface area contributed by atoms with Gasteiger partial charge in [-0.3, -0.25) is 0 Å². The van der Waals surface area contributed by atoms with Gasteiger partial charge >= 0.3 is 0 Å². The van der Waals surface area contributed by atoms with E-state index in [2.05, 4.69) is 21.0 Å². The molecular formula is C13H26N+. The van der Waals surface area contributed by atoms with E-state index < -0.39 is 0 Å². The molecule has 0 aromatic carbocycles. The van der Waals surface area contributed by atoms with Crippen molar-refractivity contribution >= 4 is 0 Å². The molecule has 0 N–H and O–H groups in total. The van der Waals surface area contributed by atoms with Crippen LogP contribution in [0.5, 0.6) is 0 Å². The molecule has 2 atom stereocenters. The molecule has 0 aromatic rings. The number of hydrogen-bond donors (Lipinski definition) is 0. The van der Waals surface area contributed by atoms with Crippen molar-refractivity contribution in [3.05, 3.63) is 0 Å². The molecule has 2 fully saturated rings. The van der Waals surface area contributed by atoms with Gasteiger partial charge in [0.1, 0.15) is 0 Å². The molecule has 1 aliphatic carbocycles. The van der Waals surface area contributed by atoms with Crippen molar-refractivity contribution in [1.82, 2.24) is 0 Å². The third-order valence-electron chi connectivity index (χ3n) is 4.86. The van der Waals surface area contributed by atoms with Gasteiger partial charge in [0.15, 0.2) is 0 Å². The average molecular weight is 196 g/mol. The van der Waals surface area contributed by atoms with Gasteiger partial charge in [-0.25, -0.2) is 0 Å². The molecule has 1 saturated carbocycles. The van der Waals surface area contributed by atoms with Crippen molar-refractivity contribution < 1.29 is 4.48 Å². The largest absolute Gasteiger partial charge is 0.326 e. The Balaban J connectivity index is 2.21. The van der Waals surface area contributed by atoms with Crippen LogP contribution in [0.25, 0.3) is 0 Å². The molecule has 82 valence electrons. The number of nitrogens with zero attached hydrogens (tertiary/aromatic N) is 1. The first-order valence-corrected chi connectivity index (χ1v) is 6.43. The number of fused-ring (bicyclic) bond motifs is 1. The summed E-state index contributed by atoms with van der Waals surface area (Å²) in [6.07, 6.45) is 10.4. The molecule has 14 heavy (non-hydrogen) atoms. The molecule has 1 saturated heterocycles. The molecule has 1 nitrogen and oxygen atoms in total. The molecule has 1 heteroatoms. The zero-order valence-electron chi connectivity index (χ0n) is 10.2. The van der Waals surface area contributed by atoms with Crippen LogP contribution < -0.4 is 0 Å². The van der Waals surface area contributed by atoms with E-state index >= 15 is 0 Å². The third kappa shape index (κ3) is 1.50. The van der Waals surface area contributed by atoms with Gasteiger partial charge in [0, 0.05) is 11.8 Å². The molecule has 0 spiro atoms. The topological polar surface area (TPSA) is 0 Å². The van der Waals surface area contributed by atoms with E-state index in [0.717, 1.165) is 11.5 Å². The Labute approximate surface area is 89.1 Å². The fraction of sp³-hybridized carbons (Fsp3) is 1.00. The maximum atomic E-state index is 2.46. The van der Waals surface area contributed by atoms with Crippen LogP contribution in [-0.4, -0.2) is 31.2 Å². The predicted octanol–water partition coefficient (Wildman–Crippen LogP) is 3.20. The first kappa shape index (κ1) is 10.5. The van der Waals surface area contributed by atoms with E-state index in [-0.39, 0.29) is 0 Å². The van der Waals surface area contributed by atoms with E-state index in [1.807, 2.05) is 0 Å². The smallest absolute Gasteiger partial charge is 0.0943 e. The summed E-state index contributed by atoms with van der Waals surface area (Å²) in [5.74, 6) is 0. The van der Waals surface area contributed by atoms with Crippen LogP contribution >= 0.6 is 0 Å². The van der Waals surface area contributed by atoms with Crippen molar-refractivity contribution in [3.8, 4) is 0 Å². The van der Waals surface area contributed by atoms with Gasteiger partial charge in [-0.2, -0.15) is 0 Å². The molecule has 0 amide bonds. The Morgan fingerprint density at radius 2 is 1.93 bits per heavy atom. The standard InChI is InChI=1S/C13H26N/c1-4-8-13-9-5-7-12(13)14(2,3)11-6-10-13/h12H,4-11H2,1-3H3/q+1. The van der Waals surface area contributed by atoms with Crippen LogP contribution in [0.1, 0.15) is 51.9 Å². The molecule has 2 unspecified atom stereocenters. The van der Waals surface area contributed by atoms with Crippen molar-refractivity contribution in [2.24, 2.45) is 5.41 Å². The van der Waals surface area contributed by atoms with Crippen LogP contribution in [-0.2, 0) is 0 Å². The quantitative estimate of drug-likeness (QED) is 0.595. The lowest BCUT2D eigenvalue weighted by Gasteiger charge is -2.50. The highest BCUT2D eigenvalue weighted by Gasteiger charge is 2.52. The molecule has 0 aromatic heterocycles. The van der Waals surface area contributed by atoms with Crippen molar-refractivity contribution in [2.45, 2.75) is 57.9 Å². The minimum atomic E-state index is 0.747. The summed E-state index contributed by atoms with van der Waals surface area (Å²) >= 11 is 0. The van der Waals surface area contributed by atoms with E-state index in [1.54, 1.807) is 0 Å². The number of hydrogen-bond acceptors (Lipinski definition) is 0. The number of likely N-dealkylation sites (tertiary alicyclic amines) is 1. The first-order chi connectivity index (χ1) is 6.61. The van der Waals surface area contributed by atoms with Gasteiger partial charge in [0.25, 0.3) is 0 Å². The minimum Gasteiger partial charge on any atom is -0.326 e. The lowest BCUT2D eigenvalue weighted by molar-refractivity contribution is -0.927. The Morgan fingerprint density at radius 1 is 1.21 bits per heavy atom. The lowest BCUT2D eigenvalue weighted by atomic mass is 9.71. The summed E-state index contributed by atoms with van der Waals surface area (Å²) < 4.78 is 1.31. The van der Waals surface area contributed by atoms with Crippen LogP contribution in [0.4, 0.5) is 0 Å². The maximum Gasteiger partial charge on any atom is 0.0943 e. The van der Waals surface area contributed by atoms with Crippen LogP contribution in [0.3, 0.4) is 0 Å². The molecule has 2 rings (SSSR count). The molecule has 0 bridgehead atoms. The van der Waals surface area contributed by atoms with Gasteiger partial charge < -0.3 is 4.48 Å². The summed E-state index contributed by atoms with van der Waals surface area (Å²) in [5.41, 5.74) is 0.747. The fourth-order valence-corrected chi connectivity index (χ4v) is 4.41. The second-order valence-corrected chi connectivity index (χ2v) is 6.13. The van der Waals surface area contributed by atoms with Gasteiger partial charge in [0.05, 0.1) is 26.7 Å². The molecule has 2 aliphatic rings. The SMILES string of the molecule is CCCC12CCCC1[N+](C)(C)CCC2. The number of quaternary nitrogens is 1. The normalized spacial score (nSPS) is 40.9. The number of rotatable bonds is 2. The Kier molecular flexibility index (Phi) is 2.63. The van der Waals surface area contributed by atoms with Gasteiger partial charge in [0.2, 0.25) is 0 Å². The average Bonchev–Trinajstić information content (AvgIpc) is 2.49. The number of piperidine rings is 1. The fourth-order valence-electron chi connectivity index (χ4n) is 4.41. The van der Waals surface area contributed by atoms with E-state index in [4.69, 9.17) is 0 Å².